The summed E-state index contributed by atoms with van der Waals surface area (Å²) < 4.78 is 103. The van der Waals surface area contributed by atoms with E-state index in [0.717, 1.165) is 0 Å². The van der Waals surface area contributed by atoms with Gasteiger partial charge in [0.05, 0.1) is 0 Å². The maximum atomic E-state index is 14.6. The molecule has 0 atom stereocenters. The van der Waals surface area contributed by atoms with E-state index in [-0.39, 0.29) is 14.7 Å². The minimum absolute atomic E-state index is 0.202. The van der Waals surface area contributed by atoms with Crippen molar-refractivity contribution in [2.24, 2.45) is 0 Å². The zero-order valence-corrected chi connectivity index (χ0v) is 20.8. The second kappa shape index (κ2) is 10.0. The third-order valence-electron chi connectivity index (χ3n) is 4.98. The van der Waals surface area contributed by atoms with Crippen LogP contribution in [0.5, 0.6) is 0 Å². The number of hydrogen-bond donors (Lipinski definition) is 0. The molecule has 0 saturated heterocycles. The van der Waals surface area contributed by atoms with Crippen molar-refractivity contribution < 1.29 is 34.0 Å². The maximum absolute atomic E-state index is 14.6. The summed E-state index contributed by atoms with van der Waals surface area (Å²) in [5.74, 6) is -12.4. The average molecular weight is 579 g/mol. The summed E-state index contributed by atoms with van der Waals surface area (Å²) in [7, 11) is -9.05. The van der Waals surface area contributed by atoms with E-state index in [4.69, 9.17) is 26.8 Å². The molecule has 3 nitrogen and oxygen atoms in total. The van der Waals surface area contributed by atoms with Gasteiger partial charge in [0.1, 0.15) is 0 Å². The minimum atomic E-state index is -5.63. The van der Waals surface area contributed by atoms with Crippen LogP contribution in [-0.2, 0) is 13.7 Å². The lowest BCUT2D eigenvalue weighted by Crippen LogP contribution is -2.19. The fraction of sp³-hybridized carbons (Fsp3) is 0. The Labute approximate surface area is 214 Å². The Morgan fingerprint density at radius 1 is 0.528 bits per heavy atom. The van der Waals surface area contributed by atoms with Gasteiger partial charge < -0.3 is 0 Å². The topological polar surface area (TPSA) is 43.4 Å². The van der Waals surface area contributed by atoms with Crippen LogP contribution < -0.4 is 0 Å². The van der Waals surface area contributed by atoms with Gasteiger partial charge in [0.2, 0.25) is 5.82 Å². The molecule has 0 heterocycles. The lowest BCUT2D eigenvalue weighted by molar-refractivity contribution is 0.354. The molecule has 0 unspecified atom stereocenters. The lowest BCUT2D eigenvalue weighted by Gasteiger charge is -2.39. The van der Waals surface area contributed by atoms with Gasteiger partial charge >= 0.3 is 10.1 Å². The minimum Gasteiger partial charge on any atom is -0.203 e. The molecule has 4 aromatic carbocycles. The van der Waals surface area contributed by atoms with Crippen LogP contribution in [-0.4, -0.2) is 8.42 Å². The van der Waals surface area contributed by atoms with Crippen LogP contribution in [0.25, 0.3) is 0 Å². The lowest BCUT2D eigenvalue weighted by atomic mass is 10.3. The van der Waals surface area contributed by atoms with E-state index in [1.165, 1.54) is 60.7 Å². The van der Waals surface area contributed by atoms with Crippen LogP contribution in [0, 0.1) is 29.1 Å². The Hall–Kier alpha value is -2.63. The van der Waals surface area contributed by atoms with Crippen LogP contribution in [0.4, 0.5) is 22.0 Å². The van der Waals surface area contributed by atoms with Gasteiger partial charge in [-0.05, 0) is 71.0 Å². The molecule has 12 heteroatoms. The Morgan fingerprint density at radius 3 is 1.31 bits per heavy atom. The van der Waals surface area contributed by atoms with E-state index in [1.54, 1.807) is 18.2 Å². The molecule has 0 amide bonds. The van der Waals surface area contributed by atoms with Gasteiger partial charge in [-0.1, -0.05) is 41.4 Å². The Balaban J connectivity index is 2.08. The van der Waals surface area contributed by atoms with Crippen LogP contribution in [0.1, 0.15) is 0 Å². The van der Waals surface area contributed by atoms with Crippen molar-refractivity contribution in [2.75, 3.05) is 0 Å². The zero-order chi connectivity index (χ0) is 26.3. The Kier molecular flexibility index (Phi) is 7.36. The van der Waals surface area contributed by atoms with Crippen molar-refractivity contribution in [2.45, 2.75) is 19.6 Å². The molecule has 0 aliphatic heterocycles. The quantitative estimate of drug-likeness (QED) is 0.131. The highest BCUT2D eigenvalue weighted by atomic mass is 35.5. The van der Waals surface area contributed by atoms with E-state index in [2.05, 4.69) is 0 Å². The van der Waals surface area contributed by atoms with Crippen molar-refractivity contribution in [1.29, 1.82) is 0 Å². The Morgan fingerprint density at radius 2 is 0.889 bits per heavy atom. The fourth-order valence-electron chi connectivity index (χ4n) is 3.36. The highest BCUT2D eigenvalue weighted by Crippen LogP contribution is 2.70. The molecule has 0 saturated carbocycles. The molecule has 0 aliphatic rings. The maximum Gasteiger partial charge on any atom is 0.313 e. The molecule has 4 rings (SSSR count). The van der Waals surface area contributed by atoms with E-state index in [9.17, 15) is 30.4 Å². The van der Waals surface area contributed by atoms with Crippen molar-refractivity contribution in [3.63, 3.8) is 0 Å². The molecule has 0 N–H and O–H groups in total. The molecule has 0 bridgehead atoms. The van der Waals surface area contributed by atoms with E-state index in [1.807, 2.05) is 0 Å². The summed E-state index contributed by atoms with van der Waals surface area (Å²) in [4.78, 5) is -1.46. The smallest absolute Gasteiger partial charge is 0.203 e. The summed E-state index contributed by atoms with van der Waals surface area (Å²) in [5.41, 5.74) is 0. The molecular weight excluding hydrogens is 566 g/mol. The standard InChI is InChI=1S/C24H13Cl2F5O3S2/c25-14-6-10-17(11-7-14)35(16-4-2-1-3-5-16,18-12-8-15(26)9-13-18)34-36(32,33)24-22(30)20(28)19(27)21(29)23(24)31/h1-13H. The van der Waals surface area contributed by atoms with Crippen molar-refractivity contribution in [3.8, 4) is 0 Å². The number of rotatable bonds is 6. The summed E-state index contributed by atoms with van der Waals surface area (Å²) in [6, 6.07) is 19.3. The van der Waals surface area contributed by atoms with Crippen LogP contribution in [0.15, 0.2) is 98.4 Å². The van der Waals surface area contributed by atoms with Crippen LogP contribution in [0.3, 0.4) is 0 Å². The third-order valence-corrected chi connectivity index (χ3v) is 10.7. The van der Waals surface area contributed by atoms with E-state index >= 15 is 0 Å². The van der Waals surface area contributed by atoms with Gasteiger partial charge in [0, 0.05) is 24.7 Å². The average Bonchev–Trinajstić information content (AvgIpc) is 2.86. The number of halogens is 7. The molecule has 188 valence electrons. The summed E-state index contributed by atoms with van der Waals surface area (Å²) >= 11 is 12.0. The summed E-state index contributed by atoms with van der Waals surface area (Å²) in [6.07, 6.45) is 0. The van der Waals surface area contributed by atoms with Gasteiger partial charge in [-0.25, -0.2) is 25.6 Å². The van der Waals surface area contributed by atoms with Gasteiger partial charge in [-0.2, -0.15) is 8.42 Å². The number of benzene rings is 4. The molecule has 36 heavy (non-hydrogen) atoms. The monoisotopic (exact) mass is 578 g/mol. The summed E-state index contributed by atoms with van der Waals surface area (Å²) in [5, 5.41) is 0.581. The number of hydrogen-bond acceptors (Lipinski definition) is 3. The first kappa shape index (κ1) is 26.4. The van der Waals surface area contributed by atoms with Gasteiger partial charge in [-0.3, -0.25) is 0 Å². The largest absolute Gasteiger partial charge is 0.313 e. The highest BCUT2D eigenvalue weighted by Gasteiger charge is 2.42. The Bertz CT molecular complexity index is 1460. The second-order valence-corrected chi connectivity index (χ2v) is 12.5. The molecule has 0 aliphatic carbocycles. The third kappa shape index (κ3) is 4.59. The normalized spacial score (nSPS) is 12.5. The van der Waals surface area contributed by atoms with Crippen LogP contribution in [0.2, 0.25) is 10.0 Å². The molecule has 0 radical (unpaired) electrons. The van der Waals surface area contributed by atoms with Crippen molar-refractivity contribution >= 4 is 43.6 Å². The second-order valence-electron chi connectivity index (χ2n) is 7.20. The van der Waals surface area contributed by atoms with E-state index in [0.29, 0.717) is 10.0 Å². The molecule has 0 aromatic heterocycles. The first-order valence-corrected chi connectivity index (χ1v) is 13.6. The van der Waals surface area contributed by atoms with Gasteiger partial charge in [0.25, 0.3) is 0 Å². The van der Waals surface area contributed by atoms with Gasteiger partial charge in [0.15, 0.2) is 28.2 Å². The first-order chi connectivity index (χ1) is 17.0. The van der Waals surface area contributed by atoms with Crippen molar-refractivity contribution in [1.82, 2.24) is 0 Å². The molecular formula is C24H13Cl2F5O3S2. The highest BCUT2D eigenvalue weighted by molar-refractivity contribution is 8.33. The molecule has 4 aromatic rings. The predicted molar refractivity (Wildman–Crippen MR) is 126 cm³/mol. The predicted octanol–water partition coefficient (Wildman–Crippen LogP) is 8.29. The van der Waals surface area contributed by atoms with Crippen LogP contribution >= 0.6 is 33.5 Å². The molecule has 0 fully saturated rings. The first-order valence-electron chi connectivity index (χ1n) is 9.86. The molecule has 0 spiro atoms. The van der Waals surface area contributed by atoms with Crippen molar-refractivity contribution in [3.05, 3.63) is 118 Å². The summed E-state index contributed by atoms with van der Waals surface area (Å²) in [6.45, 7) is 0. The SMILES string of the molecule is O=S(=O)(OS(c1ccccc1)(c1ccc(Cl)cc1)c1ccc(Cl)cc1)c1c(F)c(F)c(F)c(F)c1F. The fourth-order valence-corrected chi connectivity index (χ4v) is 8.92. The van der Waals surface area contributed by atoms with E-state index < -0.39 is 54.4 Å². The zero-order valence-electron chi connectivity index (χ0n) is 17.7. The van der Waals surface area contributed by atoms with Gasteiger partial charge in [-0.15, -0.1) is 0 Å².